The lowest BCUT2D eigenvalue weighted by molar-refractivity contribution is 0.0557. The highest BCUT2D eigenvalue weighted by Crippen LogP contribution is 2.45. The molecule has 4 aromatic heterocycles. The lowest BCUT2D eigenvalue weighted by atomic mass is 9.66. The Labute approximate surface area is 283 Å². The van der Waals surface area contributed by atoms with Crippen molar-refractivity contribution in [1.82, 2.24) is 30.4 Å². The molecule has 2 aliphatic carbocycles. The standard InChI is InChI=1S/C20H22FN5O2.C15H14FN5/c1-19(2,3)28-18(27)26(16-8-7-14(12-22)24-25-16)13-20(9-5-10-20)17-15(21)6-4-11-23-17;16-12-3-1-8-18-14(12)15(6-2-7-15)10-19-13-5-4-11(9-17)20-21-13/h4,6-8,11H,5,9-10,13H2,1-3H3;1,3-5,8H,2,6-7,10H2,(H,19,21). The normalized spacial score (nSPS) is 15.5. The van der Waals surface area contributed by atoms with Crippen LogP contribution < -0.4 is 10.2 Å². The molecule has 0 unspecified atom stereocenters. The van der Waals surface area contributed by atoms with Gasteiger partial charge in [-0.1, -0.05) is 12.8 Å². The van der Waals surface area contributed by atoms with Crippen molar-refractivity contribution in [1.29, 1.82) is 10.5 Å². The number of pyridine rings is 2. The molecule has 0 atom stereocenters. The number of nitrogens with zero attached hydrogens (tertiary/aromatic N) is 9. The molecule has 252 valence electrons. The minimum absolute atomic E-state index is 0.141. The number of rotatable bonds is 8. The van der Waals surface area contributed by atoms with E-state index in [0.717, 1.165) is 25.7 Å². The molecule has 2 fully saturated rings. The second-order valence-electron chi connectivity index (χ2n) is 13.2. The van der Waals surface area contributed by atoms with Crippen molar-refractivity contribution in [2.24, 2.45) is 0 Å². The molecular weight excluding hydrogens is 630 g/mol. The number of amides is 1. The summed E-state index contributed by atoms with van der Waals surface area (Å²) in [6.45, 7) is 6.03. The van der Waals surface area contributed by atoms with Crippen LogP contribution in [-0.2, 0) is 15.6 Å². The highest BCUT2D eigenvalue weighted by molar-refractivity contribution is 5.87. The summed E-state index contributed by atoms with van der Waals surface area (Å²) in [5.41, 5.74) is -0.324. The maximum absolute atomic E-state index is 14.5. The Kier molecular flexibility index (Phi) is 10.4. The van der Waals surface area contributed by atoms with Gasteiger partial charge in [0.15, 0.2) is 17.2 Å². The largest absolute Gasteiger partial charge is 0.443 e. The number of carbonyl (C=O) groups is 1. The molecule has 0 aromatic carbocycles. The fourth-order valence-corrected chi connectivity index (χ4v) is 5.86. The summed E-state index contributed by atoms with van der Waals surface area (Å²) >= 11 is 0. The second-order valence-corrected chi connectivity index (χ2v) is 13.2. The summed E-state index contributed by atoms with van der Waals surface area (Å²) in [6.07, 6.45) is 7.75. The Hall–Kier alpha value is -5.63. The van der Waals surface area contributed by atoms with Gasteiger partial charge in [0.25, 0.3) is 0 Å². The minimum Gasteiger partial charge on any atom is -0.443 e. The molecule has 14 heteroatoms. The van der Waals surface area contributed by atoms with E-state index in [1.54, 1.807) is 57.4 Å². The Morgan fingerprint density at radius 3 is 1.82 bits per heavy atom. The topological polar surface area (TPSA) is 166 Å². The first-order valence-electron chi connectivity index (χ1n) is 15.9. The first-order chi connectivity index (χ1) is 23.5. The van der Waals surface area contributed by atoms with Crippen molar-refractivity contribution in [2.75, 3.05) is 23.3 Å². The van der Waals surface area contributed by atoms with Crippen molar-refractivity contribution in [3.05, 3.63) is 95.3 Å². The third-order valence-corrected chi connectivity index (χ3v) is 8.65. The maximum atomic E-state index is 14.5. The number of ether oxygens (including phenoxy) is 1. The van der Waals surface area contributed by atoms with E-state index in [-0.39, 0.29) is 35.0 Å². The van der Waals surface area contributed by atoms with Crippen molar-refractivity contribution in [2.45, 2.75) is 75.7 Å². The van der Waals surface area contributed by atoms with Crippen LogP contribution in [0, 0.1) is 34.3 Å². The molecule has 4 heterocycles. The van der Waals surface area contributed by atoms with Crippen LogP contribution in [0.3, 0.4) is 0 Å². The zero-order valence-electron chi connectivity index (χ0n) is 27.5. The molecule has 0 spiro atoms. The highest BCUT2D eigenvalue weighted by Gasteiger charge is 2.45. The fourth-order valence-electron chi connectivity index (χ4n) is 5.86. The van der Waals surface area contributed by atoms with Gasteiger partial charge in [-0.3, -0.25) is 14.9 Å². The SMILES string of the molecule is CC(C)(C)OC(=O)N(CC1(c2ncccc2F)CCC1)c1ccc(C#N)nn1.N#Cc1ccc(NCC2(c3ncccc3F)CCC2)nn1. The molecule has 0 saturated heterocycles. The van der Waals surface area contributed by atoms with Crippen molar-refractivity contribution < 1.29 is 18.3 Å². The molecule has 49 heavy (non-hydrogen) atoms. The summed E-state index contributed by atoms with van der Waals surface area (Å²) in [5.74, 6) is 0.176. The van der Waals surface area contributed by atoms with Crippen LogP contribution in [0.5, 0.6) is 0 Å². The lowest BCUT2D eigenvalue weighted by Gasteiger charge is -2.44. The lowest BCUT2D eigenvalue weighted by Crippen LogP contribution is -2.50. The molecule has 2 saturated carbocycles. The predicted molar refractivity (Wildman–Crippen MR) is 175 cm³/mol. The van der Waals surface area contributed by atoms with Gasteiger partial charge in [0.2, 0.25) is 0 Å². The van der Waals surface area contributed by atoms with Crippen molar-refractivity contribution >= 4 is 17.7 Å². The van der Waals surface area contributed by atoms with E-state index in [4.69, 9.17) is 15.3 Å². The molecule has 0 aliphatic heterocycles. The van der Waals surface area contributed by atoms with E-state index in [0.29, 0.717) is 36.6 Å². The van der Waals surface area contributed by atoms with E-state index in [1.807, 2.05) is 12.1 Å². The van der Waals surface area contributed by atoms with Gasteiger partial charge in [0, 0.05) is 36.3 Å². The summed E-state index contributed by atoms with van der Waals surface area (Å²) in [5, 5.41) is 36.3. The third-order valence-electron chi connectivity index (χ3n) is 8.65. The van der Waals surface area contributed by atoms with E-state index < -0.39 is 22.9 Å². The first-order valence-corrected chi connectivity index (χ1v) is 15.9. The monoisotopic (exact) mass is 666 g/mol. The van der Waals surface area contributed by atoms with Crippen LogP contribution in [0.2, 0.25) is 0 Å². The van der Waals surface area contributed by atoms with Gasteiger partial charge in [-0.2, -0.15) is 10.5 Å². The molecule has 6 rings (SSSR count). The molecule has 2 aliphatic rings. The number of nitriles is 2. The Morgan fingerprint density at radius 1 is 0.837 bits per heavy atom. The molecule has 0 bridgehead atoms. The number of carbonyl (C=O) groups excluding carboxylic acids is 1. The van der Waals surface area contributed by atoms with E-state index in [9.17, 15) is 13.6 Å². The van der Waals surface area contributed by atoms with Gasteiger partial charge in [-0.05, 0) is 95.0 Å². The number of anilines is 2. The van der Waals surface area contributed by atoms with Gasteiger partial charge >= 0.3 is 6.09 Å². The summed E-state index contributed by atoms with van der Waals surface area (Å²) < 4.78 is 34.0. The van der Waals surface area contributed by atoms with Crippen LogP contribution in [0.25, 0.3) is 0 Å². The van der Waals surface area contributed by atoms with E-state index >= 15 is 0 Å². The van der Waals surface area contributed by atoms with Crippen LogP contribution in [-0.4, -0.2) is 55.1 Å². The smallest absolute Gasteiger partial charge is 0.416 e. The fraction of sp³-hybridized carbons (Fsp3) is 0.400. The van der Waals surface area contributed by atoms with Crippen LogP contribution in [0.1, 0.15) is 82.1 Å². The summed E-state index contributed by atoms with van der Waals surface area (Å²) in [7, 11) is 0. The zero-order chi connectivity index (χ0) is 35.1. The van der Waals surface area contributed by atoms with Crippen LogP contribution >= 0.6 is 0 Å². The minimum atomic E-state index is -0.710. The Bertz CT molecular complexity index is 1840. The third kappa shape index (κ3) is 8.09. The predicted octanol–water partition coefficient (Wildman–Crippen LogP) is 6.16. The average Bonchev–Trinajstić information content (AvgIpc) is 3.05. The van der Waals surface area contributed by atoms with Crippen LogP contribution in [0.4, 0.5) is 25.2 Å². The van der Waals surface area contributed by atoms with Crippen molar-refractivity contribution in [3.8, 4) is 12.1 Å². The van der Waals surface area contributed by atoms with Gasteiger partial charge in [-0.25, -0.2) is 13.6 Å². The van der Waals surface area contributed by atoms with Crippen LogP contribution in [0.15, 0.2) is 60.9 Å². The number of hydrogen-bond donors (Lipinski definition) is 1. The number of aromatic nitrogens is 6. The molecule has 0 radical (unpaired) electrons. The Balaban J connectivity index is 0.000000199. The van der Waals surface area contributed by atoms with E-state index in [2.05, 4.69) is 35.7 Å². The summed E-state index contributed by atoms with van der Waals surface area (Å²) in [4.78, 5) is 22.7. The maximum Gasteiger partial charge on any atom is 0.416 e. The summed E-state index contributed by atoms with van der Waals surface area (Å²) in [6, 6.07) is 16.1. The van der Waals surface area contributed by atoms with E-state index in [1.165, 1.54) is 29.2 Å². The molecular formula is C35H36F2N10O2. The molecule has 1 N–H and O–H groups in total. The molecule has 12 nitrogen and oxygen atoms in total. The Morgan fingerprint density at radius 2 is 1.39 bits per heavy atom. The zero-order valence-corrected chi connectivity index (χ0v) is 27.5. The van der Waals surface area contributed by atoms with Crippen molar-refractivity contribution in [3.63, 3.8) is 0 Å². The van der Waals surface area contributed by atoms with Gasteiger partial charge in [0.1, 0.15) is 35.2 Å². The second kappa shape index (κ2) is 14.6. The first kappa shape index (κ1) is 34.7. The molecule has 4 aromatic rings. The quantitative estimate of drug-likeness (QED) is 0.229. The van der Waals surface area contributed by atoms with Gasteiger partial charge in [-0.15, -0.1) is 20.4 Å². The highest BCUT2D eigenvalue weighted by atomic mass is 19.1. The molecule has 1 amide bonds. The van der Waals surface area contributed by atoms with Gasteiger partial charge in [0.05, 0.1) is 11.4 Å². The number of hydrogen-bond acceptors (Lipinski definition) is 11. The number of halogens is 2. The average molecular weight is 667 g/mol. The number of nitrogens with one attached hydrogen (secondary N) is 1. The van der Waals surface area contributed by atoms with Gasteiger partial charge < -0.3 is 10.1 Å².